The molecule has 0 radical (unpaired) electrons. The Balaban J connectivity index is 2.05. The van der Waals surface area contributed by atoms with E-state index in [4.69, 9.17) is 0 Å². The number of hydrogen-bond donors (Lipinski definition) is 1. The molecule has 1 saturated heterocycles. The number of nitrogens with one attached hydrogen (secondary N) is 1. The summed E-state index contributed by atoms with van der Waals surface area (Å²) in [5.74, 6) is 2.54. The lowest BCUT2D eigenvalue weighted by atomic mass is 10.2. The maximum Gasteiger partial charge on any atom is 0.0498 e. The minimum Gasteiger partial charge on any atom is -0.381 e. The molecule has 0 amide bonds. The third-order valence-corrected chi connectivity index (χ3v) is 4.85. The van der Waals surface area contributed by atoms with Crippen LogP contribution >= 0.6 is 43.6 Å². The largest absolute Gasteiger partial charge is 0.381 e. The van der Waals surface area contributed by atoms with Crippen molar-refractivity contribution in [1.29, 1.82) is 0 Å². The van der Waals surface area contributed by atoms with Crippen LogP contribution in [0.5, 0.6) is 0 Å². The van der Waals surface area contributed by atoms with Gasteiger partial charge < -0.3 is 5.32 Å². The van der Waals surface area contributed by atoms with Gasteiger partial charge in [-0.05, 0) is 52.7 Å². The standard InChI is InChI=1S/C11H13Br2NS/c12-8-3-4-10(13)11(6-8)14-9-2-1-5-15-7-9/h3-4,6,9,14H,1-2,5,7H2. The molecule has 1 fully saturated rings. The quantitative estimate of drug-likeness (QED) is 0.841. The molecule has 2 rings (SSSR count). The maximum atomic E-state index is 3.59. The third kappa shape index (κ3) is 3.40. The van der Waals surface area contributed by atoms with E-state index in [0.29, 0.717) is 6.04 Å². The second-order valence-corrected chi connectivity index (χ2v) is 6.60. The van der Waals surface area contributed by atoms with Gasteiger partial charge in [-0.25, -0.2) is 0 Å². The summed E-state index contributed by atoms with van der Waals surface area (Å²) < 4.78 is 2.26. The molecule has 1 heterocycles. The van der Waals surface area contributed by atoms with Crippen LogP contribution < -0.4 is 5.32 Å². The predicted octanol–water partition coefficient (Wildman–Crippen LogP) is 4.52. The number of rotatable bonds is 2. The molecule has 15 heavy (non-hydrogen) atoms. The van der Waals surface area contributed by atoms with E-state index in [2.05, 4.69) is 49.3 Å². The van der Waals surface area contributed by atoms with E-state index in [1.54, 1.807) is 0 Å². The van der Waals surface area contributed by atoms with Gasteiger partial charge >= 0.3 is 0 Å². The SMILES string of the molecule is Brc1ccc(Br)c(NC2CCCSC2)c1. The number of benzene rings is 1. The number of thioether (sulfide) groups is 1. The van der Waals surface area contributed by atoms with Crippen LogP contribution in [0.4, 0.5) is 5.69 Å². The fraction of sp³-hybridized carbons (Fsp3) is 0.455. The van der Waals surface area contributed by atoms with E-state index in [1.165, 1.54) is 30.0 Å². The monoisotopic (exact) mass is 349 g/mol. The van der Waals surface area contributed by atoms with Gasteiger partial charge in [-0.3, -0.25) is 0 Å². The van der Waals surface area contributed by atoms with Crippen LogP contribution in [0.2, 0.25) is 0 Å². The molecule has 4 heteroatoms. The molecule has 1 nitrogen and oxygen atoms in total. The molecule has 0 aromatic heterocycles. The molecule has 0 aliphatic carbocycles. The summed E-state index contributed by atoms with van der Waals surface area (Å²) in [5.41, 5.74) is 1.19. The summed E-state index contributed by atoms with van der Waals surface area (Å²) in [5, 5.41) is 3.59. The van der Waals surface area contributed by atoms with Crippen LogP contribution in [0.1, 0.15) is 12.8 Å². The molecule has 1 aliphatic heterocycles. The van der Waals surface area contributed by atoms with Crippen molar-refractivity contribution in [2.24, 2.45) is 0 Å². The van der Waals surface area contributed by atoms with E-state index < -0.39 is 0 Å². The van der Waals surface area contributed by atoms with Crippen molar-refractivity contribution in [2.45, 2.75) is 18.9 Å². The van der Waals surface area contributed by atoms with Gasteiger partial charge in [0.25, 0.3) is 0 Å². The molecule has 1 unspecified atom stereocenters. The van der Waals surface area contributed by atoms with Gasteiger partial charge in [0.1, 0.15) is 0 Å². The van der Waals surface area contributed by atoms with Crippen molar-refractivity contribution in [1.82, 2.24) is 0 Å². The van der Waals surface area contributed by atoms with Crippen molar-refractivity contribution < 1.29 is 0 Å². The normalized spacial score (nSPS) is 21.3. The second kappa shape index (κ2) is 5.60. The Labute approximate surface area is 112 Å². The molecule has 1 aromatic carbocycles. The highest BCUT2D eigenvalue weighted by Gasteiger charge is 2.14. The van der Waals surface area contributed by atoms with Crippen molar-refractivity contribution >= 4 is 49.3 Å². The zero-order valence-corrected chi connectivity index (χ0v) is 12.3. The van der Waals surface area contributed by atoms with Crippen molar-refractivity contribution in [2.75, 3.05) is 16.8 Å². The minimum absolute atomic E-state index is 0.620. The van der Waals surface area contributed by atoms with Crippen molar-refractivity contribution in [3.05, 3.63) is 27.1 Å². The highest BCUT2D eigenvalue weighted by atomic mass is 79.9. The first-order valence-electron chi connectivity index (χ1n) is 5.05. The Morgan fingerprint density at radius 1 is 1.33 bits per heavy atom. The second-order valence-electron chi connectivity index (χ2n) is 3.68. The van der Waals surface area contributed by atoms with Gasteiger partial charge in [0.2, 0.25) is 0 Å². The number of hydrogen-bond acceptors (Lipinski definition) is 2. The zero-order chi connectivity index (χ0) is 10.7. The summed E-state index contributed by atoms with van der Waals surface area (Å²) in [7, 11) is 0. The van der Waals surface area contributed by atoms with Crippen LogP contribution in [0, 0.1) is 0 Å². The molecule has 1 N–H and O–H groups in total. The Kier molecular flexibility index (Phi) is 4.40. The lowest BCUT2D eigenvalue weighted by Crippen LogP contribution is -2.25. The predicted molar refractivity (Wildman–Crippen MR) is 75.8 cm³/mol. The highest BCUT2D eigenvalue weighted by Crippen LogP contribution is 2.29. The third-order valence-electron chi connectivity index (χ3n) is 2.45. The van der Waals surface area contributed by atoms with E-state index in [9.17, 15) is 0 Å². The van der Waals surface area contributed by atoms with Gasteiger partial charge in [0.05, 0.1) is 0 Å². The molecule has 82 valence electrons. The van der Waals surface area contributed by atoms with Crippen LogP contribution in [0.15, 0.2) is 27.1 Å². The Morgan fingerprint density at radius 3 is 2.93 bits per heavy atom. The molecule has 0 bridgehead atoms. The first-order valence-corrected chi connectivity index (χ1v) is 7.79. The average molecular weight is 351 g/mol. The van der Waals surface area contributed by atoms with Gasteiger partial charge in [-0.1, -0.05) is 15.9 Å². The minimum atomic E-state index is 0.620. The molecule has 1 aromatic rings. The molecule has 0 spiro atoms. The topological polar surface area (TPSA) is 12.0 Å². The molecular formula is C11H13Br2NS. The summed E-state index contributed by atoms with van der Waals surface area (Å²) in [6, 6.07) is 6.87. The van der Waals surface area contributed by atoms with E-state index >= 15 is 0 Å². The fourth-order valence-electron chi connectivity index (χ4n) is 1.68. The number of halogens is 2. The summed E-state index contributed by atoms with van der Waals surface area (Å²) in [6.45, 7) is 0. The summed E-state index contributed by atoms with van der Waals surface area (Å²) >= 11 is 9.10. The lowest BCUT2D eigenvalue weighted by molar-refractivity contribution is 0.685. The Hall–Kier alpha value is 0.330. The maximum absolute atomic E-state index is 3.59. The van der Waals surface area contributed by atoms with Crippen LogP contribution in [-0.2, 0) is 0 Å². The number of anilines is 1. The molecular weight excluding hydrogens is 338 g/mol. The van der Waals surface area contributed by atoms with Gasteiger partial charge in [-0.15, -0.1) is 0 Å². The molecule has 1 atom stereocenters. The average Bonchev–Trinajstić information content (AvgIpc) is 2.25. The van der Waals surface area contributed by atoms with Gasteiger partial charge in [0.15, 0.2) is 0 Å². The lowest BCUT2D eigenvalue weighted by Gasteiger charge is -2.24. The van der Waals surface area contributed by atoms with Gasteiger partial charge in [0, 0.05) is 26.4 Å². The van der Waals surface area contributed by atoms with E-state index in [1.807, 2.05) is 17.8 Å². The highest BCUT2D eigenvalue weighted by molar-refractivity contribution is 9.11. The van der Waals surface area contributed by atoms with Crippen LogP contribution in [0.25, 0.3) is 0 Å². The fourth-order valence-corrected chi connectivity index (χ4v) is 3.48. The molecule has 1 aliphatic rings. The Morgan fingerprint density at radius 2 is 2.20 bits per heavy atom. The van der Waals surface area contributed by atoms with Crippen molar-refractivity contribution in [3.63, 3.8) is 0 Å². The van der Waals surface area contributed by atoms with E-state index in [0.717, 1.165) is 8.95 Å². The van der Waals surface area contributed by atoms with Crippen LogP contribution in [-0.4, -0.2) is 17.5 Å². The Bertz CT molecular complexity index is 337. The van der Waals surface area contributed by atoms with E-state index in [-0.39, 0.29) is 0 Å². The van der Waals surface area contributed by atoms with Crippen LogP contribution in [0.3, 0.4) is 0 Å². The first kappa shape index (κ1) is 11.8. The smallest absolute Gasteiger partial charge is 0.0498 e. The zero-order valence-electron chi connectivity index (χ0n) is 8.30. The summed E-state index contributed by atoms with van der Waals surface area (Å²) in [4.78, 5) is 0. The first-order chi connectivity index (χ1) is 7.25. The summed E-state index contributed by atoms with van der Waals surface area (Å²) in [6.07, 6.45) is 2.61. The molecule has 0 saturated carbocycles. The van der Waals surface area contributed by atoms with Gasteiger partial charge in [-0.2, -0.15) is 11.8 Å². The van der Waals surface area contributed by atoms with Crippen molar-refractivity contribution in [3.8, 4) is 0 Å².